The number of imidazole rings is 1. The van der Waals surface area contributed by atoms with Crippen molar-refractivity contribution in [1.82, 2.24) is 9.55 Å². The fourth-order valence-corrected chi connectivity index (χ4v) is 1.72. The molecule has 0 aromatic carbocycles. The number of rotatable bonds is 7. The summed E-state index contributed by atoms with van der Waals surface area (Å²) in [7, 11) is 1.68. The third-order valence-corrected chi connectivity index (χ3v) is 2.70. The number of carbonyl (C=O) groups is 1. The van der Waals surface area contributed by atoms with Crippen molar-refractivity contribution in [3.8, 4) is 6.01 Å². The SMILES string of the molecule is CCCOC(=O)c1c(C(C)(C)O)nc(OCCC)n1C. The molecule has 0 aliphatic rings. The van der Waals surface area contributed by atoms with Crippen LogP contribution in [0.2, 0.25) is 0 Å². The van der Waals surface area contributed by atoms with Crippen LogP contribution in [0.25, 0.3) is 0 Å². The molecule has 0 amide bonds. The maximum Gasteiger partial charge on any atom is 0.357 e. The fraction of sp³-hybridized carbons (Fsp3) is 0.714. The molecular weight excluding hydrogens is 260 g/mol. The van der Waals surface area contributed by atoms with Gasteiger partial charge >= 0.3 is 5.97 Å². The zero-order valence-corrected chi connectivity index (χ0v) is 12.9. The molecule has 6 nitrogen and oxygen atoms in total. The Kier molecular flexibility index (Phi) is 5.56. The molecule has 1 N–H and O–H groups in total. The Morgan fingerprint density at radius 1 is 1.30 bits per heavy atom. The van der Waals surface area contributed by atoms with Gasteiger partial charge in [-0.15, -0.1) is 0 Å². The Morgan fingerprint density at radius 2 is 1.90 bits per heavy atom. The summed E-state index contributed by atoms with van der Waals surface area (Å²) in [6, 6.07) is 0.312. The molecular formula is C14H24N2O4. The molecule has 0 bridgehead atoms. The van der Waals surface area contributed by atoms with Crippen LogP contribution in [0.1, 0.15) is 56.7 Å². The van der Waals surface area contributed by atoms with Gasteiger partial charge in [0.1, 0.15) is 11.3 Å². The topological polar surface area (TPSA) is 73.6 Å². The lowest BCUT2D eigenvalue weighted by molar-refractivity contribution is 0.0451. The fourth-order valence-electron chi connectivity index (χ4n) is 1.72. The summed E-state index contributed by atoms with van der Waals surface area (Å²) in [6.45, 7) is 7.89. The number of carbonyl (C=O) groups excluding carboxylic acids is 1. The van der Waals surface area contributed by atoms with E-state index >= 15 is 0 Å². The molecule has 0 saturated carbocycles. The van der Waals surface area contributed by atoms with E-state index in [9.17, 15) is 9.90 Å². The Morgan fingerprint density at radius 3 is 2.40 bits per heavy atom. The smallest absolute Gasteiger partial charge is 0.357 e. The second-order valence-electron chi connectivity index (χ2n) is 5.19. The minimum atomic E-state index is -1.24. The quantitative estimate of drug-likeness (QED) is 0.775. The first-order chi connectivity index (χ1) is 9.32. The van der Waals surface area contributed by atoms with Crippen LogP contribution in [0, 0.1) is 0 Å². The van der Waals surface area contributed by atoms with Crippen molar-refractivity contribution in [2.75, 3.05) is 13.2 Å². The van der Waals surface area contributed by atoms with Gasteiger partial charge < -0.3 is 14.6 Å². The zero-order valence-electron chi connectivity index (χ0n) is 12.9. The summed E-state index contributed by atoms with van der Waals surface area (Å²) in [5, 5.41) is 10.2. The molecule has 20 heavy (non-hydrogen) atoms. The minimum Gasteiger partial charge on any atom is -0.465 e. The van der Waals surface area contributed by atoms with Crippen LogP contribution in [-0.2, 0) is 17.4 Å². The lowest BCUT2D eigenvalue weighted by Crippen LogP contribution is -2.22. The highest BCUT2D eigenvalue weighted by Crippen LogP contribution is 2.27. The molecule has 0 saturated heterocycles. The van der Waals surface area contributed by atoms with Crippen molar-refractivity contribution in [1.29, 1.82) is 0 Å². The van der Waals surface area contributed by atoms with E-state index < -0.39 is 11.6 Å². The average molecular weight is 284 g/mol. The van der Waals surface area contributed by atoms with E-state index in [0.29, 0.717) is 19.2 Å². The van der Waals surface area contributed by atoms with Crippen molar-refractivity contribution in [2.24, 2.45) is 7.05 Å². The van der Waals surface area contributed by atoms with Crippen molar-refractivity contribution in [2.45, 2.75) is 46.1 Å². The number of nitrogens with zero attached hydrogens (tertiary/aromatic N) is 2. The normalized spacial score (nSPS) is 11.5. The molecule has 0 aliphatic heterocycles. The van der Waals surface area contributed by atoms with Gasteiger partial charge in [0.25, 0.3) is 6.01 Å². The van der Waals surface area contributed by atoms with E-state index in [-0.39, 0.29) is 11.4 Å². The monoisotopic (exact) mass is 284 g/mol. The molecule has 0 spiro atoms. The molecule has 6 heteroatoms. The Balaban J connectivity index is 3.17. The number of hydrogen-bond acceptors (Lipinski definition) is 5. The predicted octanol–water partition coefficient (Wildman–Crippen LogP) is 2.00. The van der Waals surface area contributed by atoms with E-state index in [2.05, 4.69) is 4.98 Å². The highest BCUT2D eigenvalue weighted by Gasteiger charge is 2.32. The second-order valence-corrected chi connectivity index (χ2v) is 5.19. The molecule has 114 valence electrons. The first-order valence-electron chi connectivity index (χ1n) is 6.92. The maximum absolute atomic E-state index is 12.1. The molecule has 0 aliphatic carbocycles. The number of aromatic nitrogens is 2. The third-order valence-electron chi connectivity index (χ3n) is 2.70. The van der Waals surface area contributed by atoms with Gasteiger partial charge in [-0.05, 0) is 26.7 Å². The van der Waals surface area contributed by atoms with Gasteiger partial charge in [-0.3, -0.25) is 4.57 Å². The van der Waals surface area contributed by atoms with Crippen molar-refractivity contribution >= 4 is 5.97 Å². The standard InChI is InChI=1S/C14H24N2O4/c1-6-8-19-12(17)10-11(14(3,4)18)15-13(16(10)5)20-9-7-2/h18H,6-9H2,1-5H3. The highest BCUT2D eigenvalue weighted by molar-refractivity contribution is 5.89. The van der Waals surface area contributed by atoms with Crippen LogP contribution >= 0.6 is 0 Å². The molecule has 0 unspecified atom stereocenters. The van der Waals surface area contributed by atoms with E-state index in [1.54, 1.807) is 20.9 Å². The van der Waals surface area contributed by atoms with E-state index in [4.69, 9.17) is 9.47 Å². The van der Waals surface area contributed by atoms with E-state index in [1.165, 1.54) is 4.57 Å². The molecule has 1 rings (SSSR count). The van der Waals surface area contributed by atoms with Crippen LogP contribution in [0.5, 0.6) is 6.01 Å². The van der Waals surface area contributed by atoms with Crippen LogP contribution in [0.3, 0.4) is 0 Å². The van der Waals surface area contributed by atoms with Crippen molar-refractivity contribution in [3.05, 3.63) is 11.4 Å². The molecule has 0 atom stereocenters. The Labute approximate surface area is 119 Å². The lowest BCUT2D eigenvalue weighted by Gasteiger charge is -2.16. The van der Waals surface area contributed by atoms with Crippen molar-refractivity contribution < 1.29 is 19.4 Å². The summed E-state index contributed by atoms with van der Waals surface area (Å²) in [5.41, 5.74) is -0.740. The van der Waals surface area contributed by atoms with Crippen LogP contribution < -0.4 is 4.74 Å². The number of ether oxygens (including phenoxy) is 2. The Hall–Kier alpha value is -1.56. The van der Waals surface area contributed by atoms with Crippen LogP contribution in [-0.4, -0.2) is 33.8 Å². The average Bonchev–Trinajstić information content (AvgIpc) is 2.70. The minimum absolute atomic E-state index is 0.233. The molecule has 1 heterocycles. The predicted molar refractivity (Wildman–Crippen MR) is 74.8 cm³/mol. The van der Waals surface area contributed by atoms with Crippen LogP contribution in [0.15, 0.2) is 0 Å². The zero-order chi connectivity index (χ0) is 15.3. The van der Waals surface area contributed by atoms with Gasteiger partial charge in [-0.25, -0.2) is 4.79 Å². The van der Waals surface area contributed by atoms with E-state index in [1.807, 2.05) is 13.8 Å². The summed E-state index contributed by atoms with van der Waals surface area (Å²) in [6.07, 6.45) is 1.57. The third kappa shape index (κ3) is 3.72. The summed E-state index contributed by atoms with van der Waals surface area (Å²) in [4.78, 5) is 16.4. The van der Waals surface area contributed by atoms with Crippen molar-refractivity contribution in [3.63, 3.8) is 0 Å². The number of esters is 1. The van der Waals surface area contributed by atoms with Gasteiger partial charge in [-0.2, -0.15) is 4.98 Å². The van der Waals surface area contributed by atoms with Gasteiger partial charge in [0.15, 0.2) is 5.69 Å². The number of hydrogen-bond donors (Lipinski definition) is 1. The first kappa shape index (κ1) is 16.5. The largest absolute Gasteiger partial charge is 0.465 e. The molecule has 0 radical (unpaired) electrons. The van der Waals surface area contributed by atoms with Gasteiger partial charge in [0.05, 0.1) is 13.2 Å². The molecule has 0 fully saturated rings. The summed E-state index contributed by atoms with van der Waals surface area (Å²) < 4.78 is 12.2. The highest BCUT2D eigenvalue weighted by atomic mass is 16.5. The van der Waals surface area contributed by atoms with Gasteiger partial charge in [0.2, 0.25) is 0 Å². The summed E-state index contributed by atoms with van der Waals surface area (Å²) >= 11 is 0. The molecule has 1 aromatic rings. The summed E-state index contributed by atoms with van der Waals surface area (Å²) in [5.74, 6) is -0.495. The maximum atomic E-state index is 12.1. The lowest BCUT2D eigenvalue weighted by atomic mass is 10.0. The van der Waals surface area contributed by atoms with Gasteiger partial charge in [-0.1, -0.05) is 13.8 Å². The van der Waals surface area contributed by atoms with Gasteiger partial charge in [0, 0.05) is 7.05 Å². The number of aliphatic hydroxyl groups is 1. The van der Waals surface area contributed by atoms with E-state index in [0.717, 1.165) is 12.8 Å². The molecule has 1 aromatic heterocycles. The Bertz CT molecular complexity index is 460. The van der Waals surface area contributed by atoms with Crippen LogP contribution in [0.4, 0.5) is 0 Å². The first-order valence-corrected chi connectivity index (χ1v) is 6.92. The second kappa shape index (κ2) is 6.74.